The van der Waals surface area contributed by atoms with Gasteiger partial charge in [0.05, 0.1) is 12.7 Å². The molecule has 1 aromatic heterocycles. The van der Waals surface area contributed by atoms with E-state index in [0.717, 1.165) is 31.6 Å². The second kappa shape index (κ2) is 8.12. The van der Waals surface area contributed by atoms with Crippen LogP contribution in [0.4, 0.5) is 0 Å². The Morgan fingerprint density at radius 1 is 1.40 bits per heavy atom. The van der Waals surface area contributed by atoms with E-state index in [1.165, 1.54) is 5.56 Å². The number of hydrogen-bond donors (Lipinski definition) is 1. The number of hydrogen-bond acceptors (Lipinski definition) is 4. The van der Waals surface area contributed by atoms with Crippen LogP contribution in [-0.4, -0.2) is 42.5 Å². The fourth-order valence-electron chi connectivity index (χ4n) is 3.30. The third-order valence-corrected chi connectivity index (χ3v) is 4.65. The highest BCUT2D eigenvalue weighted by Gasteiger charge is 2.23. The van der Waals surface area contributed by atoms with Crippen LogP contribution in [0.5, 0.6) is 5.75 Å². The predicted molar refractivity (Wildman–Crippen MR) is 97.7 cm³/mol. The minimum atomic E-state index is -0.0636. The summed E-state index contributed by atoms with van der Waals surface area (Å²) in [5, 5.41) is 3.07. The number of likely N-dealkylation sites (tertiary alicyclic amines) is 1. The summed E-state index contributed by atoms with van der Waals surface area (Å²) in [6, 6.07) is 9.74. The first-order valence-corrected chi connectivity index (χ1v) is 8.70. The van der Waals surface area contributed by atoms with Gasteiger partial charge in [0.2, 0.25) is 0 Å². The van der Waals surface area contributed by atoms with Crippen LogP contribution in [-0.2, 0) is 6.54 Å². The molecule has 1 aliphatic heterocycles. The lowest BCUT2D eigenvalue weighted by Gasteiger charge is -2.16. The van der Waals surface area contributed by atoms with Gasteiger partial charge in [-0.05, 0) is 49.6 Å². The Kier molecular flexibility index (Phi) is 5.66. The molecular formula is C20H25N3O2. The molecule has 5 heteroatoms. The van der Waals surface area contributed by atoms with Crippen LogP contribution in [0.2, 0.25) is 0 Å². The van der Waals surface area contributed by atoms with Gasteiger partial charge in [0.1, 0.15) is 5.75 Å². The van der Waals surface area contributed by atoms with Gasteiger partial charge in [-0.1, -0.05) is 17.7 Å². The van der Waals surface area contributed by atoms with E-state index < -0.39 is 0 Å². The Hall–Kier alpha value is -2.40. The van der Waals surface area contributed by atoms with E-state index in [-0.39, 0.29) is 5.91 Å². The molecule has 1 unspecified atom stereocenters. The maximum absolute atomic E-state index is 12.5. The molecule has 1 atom stereocenters. The molecule has 132 valence electrons. The van der Waals surface area contributed by atoms with Crippen LogP contribution in [0.15, 0.2) is 42.7 Å². The number of rotatable bonds is 6. The van der Waals surface area contributed by atoms with E-state index in [4.69, 9.17) is 4.74 Å². The number of ether oxygens (including phenoxy) is 1. The molecule has 0 aliphatic carbocycles. The molecule has 1 amide bonds. The second-order valence-electron chi connectivity index (χ2n) is 6.66. The highest BCUT2D eigenvalue weighted by Crippen LogP contribution is 2.21. The Bertz CT molecular complexity index is 718. The maximum atomic E-state index is 12.5. The summed E-state index contributed by atoms with van der Waals surface area (Å²) in [5.41, 5.74) is 2.89. The number of carbonyl (C=O) groups excluding carboxylic acids is 1. The minimum absolute atomic E-state index is 0.0636. The zero-order valence-corrected chi connectivity index (χ0v) is 14.9. The molecule has 2 aromatic rings. The number of amides is 1. The van der Waals surface area contributed by atoms with Crippen molar-refractivity contribution in [2.75, 3.05) is 26.7 Å². The Labute approximate surface area is 149 Å². The molecule has 1 fully saturated rings. The quantitative estimate of drug-likeness (QED) is 0.879. The number of nitrogens with one attached hydrogen (secondary N) is 1. The number of nitrogens with zero attached hydrogens (tertiary/aromatic N) is 2. The molecule has 0 spiro atoms. The van der Waals surface area contributed by atoms with E-state index >= 15 is 0 Å². The van der Waals surface area contributed by atoms with Gasteiger partial charge in [-0.15, -0.1) is 0 Å². The van der Waals surface area contributed by atoms with E-state index in [2.05, 4.69) is 21.3 Å². The van der Waals surface area contributed by atoms with Crippen molar-refractivity contribution in [1.29, 1.82) is 0 Å². The topological polar surface area (TPSA) is 54.5 Å². The average Bonchev–Trinajstić information content (AvgIpc) is 3.08. The standard InChI is InChI=1S/C20H25N3O2/c1-15-5-6-19(25-2)18(10-15)20(24)22-12-17-7-9-23(14-17)13-16-4-3-8-21-11-16/h3-6,8,10-11,17H,7,9,12-14H2,1-2H3,(H,22,24). The fraction of sp³-hybridized carbons (Fsp3) is 0.400. The molecule has 0 radical (unpaired) electrons. The molecule has 25 heavy (non-hydrogen) atoms. The summed E-state index contributed by atoms with van der Waals surface area (Å²) in [5.74, 6) is 1.04. The van der Waals surface area contributed by atoms with Crippen molar-refractivity contribution in [3.63, 3.8) is 0 Å². The Balaban J connectivity index is 1.51. The number of carbonyl (C=O) groups is 1. The zero-order valence-electron chi connectivity index (χ0n) is 14.9. The molecule has 1 aliphatic rings. The van der Waals surface area contributed by atoms with Gasteiger partial charge in [-0.2, -0.15) is 0 Å². The number of aryl methyl sites for hydroxylation is 1. The number of methoxy groups -OCH3 is 1. The van der Waals surface area contributed by atoms with Crippen LogP contribution in [0.1, 0.15) is 27.9 Å². The van der Waals surface area contributed by atoms with Gasteiger partial charge in [-0.25, -0.2) is 0 Å². The van der Waals surface area contributed by atoms with E-state index in [9.17, 15) is 4.79 Å². The molecule has 0 bridgehead atoms. The zero-order chi connectivity index (χ0) is 17.6. The molecule has 1 N–H and O–H groups in total. The van der Waals surface area contributed by atoms with Gasteiger partial charge in [0.15, 0.2) is 0 Å². The largest absolute Gasteiger partial charge is 0.496 e. The first kappa shape index (κ1) is 17.4. The van der Waals surface area contributed by atoms with Crippen LogP contribution in [0.3, 0.4) is 0 Å². The summed E-state index contributed by atoms with van der Waals surface area (Å²) in [7, 11) is 1.59. The summed E-state index contributed by atoms with van der Waals surface area (Å²) < 4.78 is 5.30. The summed E-state index contributed by atoms with van der Waals surface area (Å²) >= 11 is 0. The Morgan fingerprint density at radius 2 is 2.28 bits per heavy atom. The van der Waals surface area contributed by atoms with Crippen LogP contribution in [0.25, 0.3) is 0 Å². The summed E-state index contributed by atoms with van der Waals surface area (Å²) in [6.45, 7) is 5.65. The molecule has 2 heterocycles. The molecule has 5 nitrogen and oxygen atoms in total. The highest BCUT2D eigenvalue weighted by molar-refractivity contribution is 5.97. The van der Waals surface area contributed by atoms with Gasteiger partial charge >= 0.3 is 0 Å². The first-order valence-electron chi connectivity index (χ1n) is 8.70. The summed E-state index contributed by atoms with van der Waals surface area (Å²) in [4.78, 5) is 19.1. The van der Waals surface area contributed by atoms with Crippen molar-refractivity contribution in [3.8, 4) is 5.75 Å². The molecule has 1 saturated heterocycles. The molecular weight excluding hydrogens is 314 g/mol. The van der Waals surface area contributed by atoms with Crippen molar-refractivity contribution < 1.29 is 9.53 Å². The third-order valence-electron chi connectivity index (χ3n) is 4.65. The predicted octanol–water partition coefficient (Wildman–Crippen LogP) is 2.65. The third kappa shape index (κ3) is 4.57. The Morgan fingerprint density at radius 3 is 3.04 bits per heavy atom. The monoisotopic (exact) mass is 339 g/mol. The summed E-state index contributed by atoms with van der Waals surface area (Å²) in [6.07, 6.45) is 4.82. The highest BCUT2D eigenvalue weighted by atomic mass is 16.5. The maximum Gasteiger partial charge on any atom is 0.255 e. The first-order chi connectivity index (χ1) is 12.2. The second-order valence-corrected chi connectivity index (χ2v) is 6.66. The van der Waals surface area contributed by atoms with E-state index in [1.54, 1.807) is 13.3 Å². The van der Waals surface area contributed by atoms with Crippen LogP contribution < -0.4 is 10.1 Å². The molecule has 1 aromatic carbocycles. The lowest BCUT2D eigenvalue weighted by atomic mass is 10.1. The van der Waals surface area contributed by atoms with Gasteiger partial charge in [0.25, 0.3) is 5.91 Å². The van der Waals surface area contributed by atoms with Crippen molar-refractivity contribution in [2.45, 2.75) is 19.9 Å². The normalized spacial score (nSPS) is 17.4. The molecule has 3 rings (SSSR count). The van der Waals surface area contributed by atoms with E-state index in [0.29, 0.717) is 23.8 Å². The number of pyridine rings is 1. The van der Waals surface area contributed by atoms with E-state index in [1.807, 2.05) is 37.4 Å². The van der Waals surface area contributed by atoms with Crippen LogP contribution in [0, 0.1) is 12.8 Å². The van der Waals surface area contributed by atoms with Crippen molar-refractivity contribution >= 4 is 5.91 Å². The molecule has 0 saturated carbocycles. The van der Waals surface area contributed by atoms with Crippen molar-refractivity contribution in [2.24, 2.45) is 5.92 Å². The lowest BCUT2D eigenvalue weighted by molar-refractivity contribution is 0.0944. The minimum Gasteiger partial charge on any atom is -0.496 e. The van der Waals surface area contributed by atoms with Gasteiger partial charge < -0.3 is 10.1 Å². The van der Waals surface area contributed by atoms with Crippen molar-refractivity contribution in [3.05, 3.63) is 59.4 Å². The van der Waals surface area contributed by atoms with Gasteiger partial charge in [-0.3, -0.25) is 14.7 Å². The number of aromatic nitrogens is 1. The average molecular weight is 339 g/mol. The smallest absolute Gasteiger partial charge is 0.255 e. The van der Waals surface area contributed by atoms with Crippen molar-refractivity contribution in [1.82, 2.24) is 15.2 Å². The lowest BCUT2D eigenvalue weighted by Crippen LogP contribution is -2.31. The fourth-order valence-corrected chi connectivity index (χ4v) is 3.30. The SMILES string of the molecule is COc1ccc(C)cc1C(=O)NCC1CCN(Cc2cccnc2)C1. The van der Waals surface area contributed by atoms with Gasteiger partial charge in [0, 0.05) is 32.0 Å². The number of benzene rings is 1. The van der Waals surface area contributed by atoms with Crippen LogP contribution >= 0.6 is 0 Å².